The number of nitrogens with one attached hydrogen (secondary N) is 3. The predicted molar refractivity (Wildman–Crippen MR) is 93.8 cm³/mol. The number of ketones is 1. The molecule has 1 amide bonds. The minimum absolute atomic E-state index is 0.409. The minimum atomic E-state index is -1.23. The van der Waals surface area contributed by atoms with E-state index in [4.69, 9.17) is 0 Å². The van der Waals surface area contributed by atoms with Gasteiger partial charge in [0, 0.05) is 5.69 Å². The van der Waals surface area contributed by atoms with E-state index < -0.39 is 24.1 Å². The number of carbonyl (C=O) groups excluding carboxylic acids is 2. The van der Waals surface area contributed by atoms with Crippen LogP contribution in [0.3, 0.4) is 0 Å². The van der Waals surface area contributed by atoms with Crippen LogP contribution in [0.1, 0.15) is 6.92 Å². The molecule has 8 nitrogen and oxygen atoms in total. The third kappa shape index (κ3) is 3.99. The highest BCUT2D eigenvalue weighted by Gasteiger charge is 2.24. The smallest absolute Gasteiger partial charge is 0.258 e. The van der Waals surface area contributed by atoms with E-state index in [9.17, 15) is 14.7 Å². The Kier molecular flexibility index (Phi) is 4.71. The average molecular weight is 339 g/mol. The molecule has 1 heterocycles. The van der Waals surface area contributed by atoms with E-state index in [1.165, 1.54) is 6.92 Å². The van der Waals surface area contributed by atoms with Crippen molar-refractivity contribution in [3.63, 3.8) is 0 Å². The molecule has 0 aromatic heterocycles. The molecule has 0 saturated heterocycles. The molecular weight excluding hydrogens is 322 g/mol. The van der Waals surface area contributed by atoms with Crippen LogP contribution >= 0.6 is 0 Å². The van der Waals surface area contributed by atoms with Gasteiger partial charge in [-0.3, -0.25) is 9.59 Å². The van der Waals surface area contributed by atoms with Crippen molar-refractivity contribution in [2.75, 3.05) is 16.0 Å². The first-order valence-corrected chi connectivity index (χ1v) is 7.65. The lowest BCUT2D eigenvalue weighted by Gasteiger charge is -2.10. The van der Waals surface area contributed by atoms with Crippen molar-refractivity contribution in [2.45, 2.75) is 19.3 Å². The van der Waals surface area contributed by atoms with Crippen molar-refractivity contribution >= 4 is 34.4 Å². The zero-order valence-corrected chi connectivity index (χ0v) is 13.4. The Labute approximate surface area is 144 Å². The quantitative estimate of drug-likeness (QED) is 0.493. The Morgan fingerprint density at radius 2 is 1.84 bits per heavy atom. The van der Waals surface area contributed by atoms with Crippen LogP contribution in [0.15, 0.2) is 58.8 Å². The van der Waals surface area contributed by atoms with Gasteiger partial charge >= 0.3 is 0 Å². The van der Waals surface area contributed by atoms with Gasteiger partial charge in [-0.1, -0.05) is 18.2 Å². The number of azo groups is 1. The molecule has 0 bridgehead atoms. The molecule has 0 spiro atoms. The maximum absolute atomic E-state index is 12.4. The predicted octanol–water partition coefficient (Wildman–Crippen LogP) is 2.48. The molecule has 0 aliphatic carbocycles. The van der Waals surface area contributed by atoms with E-state index in [0.717, 1.165) is 5.69 Å². The fourth-order valence-corrected chi connectivity index (χ4v) is 2.35. The Morgan fingerprint density at radius 1 is 1.12 bits per heavy atom. The van der Waals surface area contributed by atoms with Gasteiger partial charge in [-0.05, 0) is 37.3 Å². The Balaban J connectivity index is 1.72. The second kappa shape index (κ2) is 7.10. The zero-order valence-electron chi connectivity index (χ0n) is 13.4. The number of anilines is 3. The van der Waals surface area contributed by atoms with Crippen molar-refractivity contribution in [3.05, 3.63) is 48.5 Å². The molecule has 3 rings (SSSR count). The summed E-state index contributed by atoms with van der Waals surface area (Å²) >= 11 is 0. The molecule has 2 aromatic carbocycles. The standard InChI is InChI=1S/C17H17N5O3/c1-10(23)15(22-21-11-5-3-2-4-6-11)16(24)18-12-7-8-13-14(9-12)20-17(25)19-13/h2-9,15,17,19-20,25H,1H3,(H,18,24). The molecule has 1 aliphatic heterocycles. The lowest BCUT2D eigenvalue weighted by molar-refractivity contribution is -0.126. The monoisotopic (exact) mass is 339 g/mol. The highest BCUT2D eigenvalue weighted by Crippen LogP contribution is 2.31. The van der Waals surface area contributed by atoms with Crippen molar-refractivity contribution < 1.29 is 14.7 Å². The van der Waals surface area contributed by atoms with Gasteiger partial charge in [0.25, 0.3) is 5.91 Å². The minimum Gasteiger partial charge on any atom is -0.357 e. The molecule has 1 aliphatic rings. The maximum atomic E-state index is 12.4. The molecule has 0 radical (unpaired) electrons. The first-order valence-electron chi connectivity index (χ1n) is 7.65. The second-order valence-corrected chi connectivity index (χ2v) is 5.51. The lowest BCUT2D eigenvalue weighted by atomic mass is 10.2. The summed E-state index contributed by atoms with van der Waals surface area (Å²) in [7, 11) is 0. The Bertz CT molecular complexity index is 822. The van der Waals surface area contributed by atoms with Crippen LogP contribution in [0.2, 0.25) is 0 Å². The Morgan fingerprint density at radius 3 is 2.56 bits per heavy atom. The van der Waals surface area contributed by atoms with Gasteiger partial charge in [0.05, 0.1) is 17.1 Å². The summed E-state index contributed by atoms with van der Waals surface area (Å²) in [5.74, 6) is -0.979. The summed E-state index contributed by atoms with van der Waals surface area (Å²) < 4.78 is 0. The van der Waals surface area contributed by atoms with Crippen molar-refractivity contribution in [2.24, 2.45) is 10.2 Å². The largest absolute Gasteiger partial charge is 0.357 e. The van der Waals surface area contributed by atoms with Gasteiger partial charge in [0.15, 0.2) is 5.78 Å². The number of nitrogens with zero attached hydrogens (tertiary/aromatic N) is 2. The van der Waals surface area contributed by atoms with Gasteiger partial charge in [-0.15, -0.1) is 0 Å². The van der Waals surface area contributed by atoms with Gasteiger partial charge in [0.2, 0.25) is 12.4 Å². The van der Waals surface area contributed by atoms with Gasteiger partial charge in [-0.2, -0.15) is 10.2 Å². The van der Waals surface area contributed by atoms with E-state index >= 15 is 0 Å². The molecule has 2 aromatic rings. The summed E-state index contributed by atoms with van der Waals surface area (Å²) in [5.41, 5.74) is 2.41. The molecular formula is C17H17N5O3. The highest BCUT2D eigenvalue weighted by molar-refractivity contribution is 6.10. The zero-order chi connectivity index (χ0) is 17.8. The number of hydrogen-bond acceptors (Lipinski definition) is 7. The van der Waals surface area contributed by atoms with E-state index in [0.29, 0.717) is 17.1 Å². The van der Waals surface area contributed by atoms with Crippen molar-refractivity contribution in [1.29, 1.82) is 0 Å². The number of aliphatic hydroxyl groups is 1. The van der Waals surface area contributed by atoms with E-state index in [1.54, 1.807) is 42.5 Å². The molecule has 2 unspecified atom stereocenters. The van der Waals surface area contributed by atoms with Crippen LogP contribution in [0.25, 0.3) is 0 Å². The van der Waals surface area contributed by atoms with Crippen molar-refractivity contribution in [1.82, 2.24) is 0 Å². The molecule has 8 heteroatoms. The van der Waals surface area contributed by atoms with E-state index in [1.807, 2.05) is 6.07 Å². The summed E-state index contributed by atoms with van der Waals surface area (Å²) in [6.45, 7) is 1.29. The second-order valence-electron chi connectivity index (χ2n) is 5.51. The number of hydrogen-bond donors (Lipinski definition) is 4. The topological polar surface area (TPSA) is 115 Å². The lowest BCUT2D eigenvalue weighted by Crippen LogP contribution is -2.31. The molecule has 2 atom stereocenters. The van der Waals surface area contributed by atoms with E-state index in [2.05, 4.69) is 26.2 Å². The first kappa shape index (κ1) is 16.6. The number of benzene rings is 2. The number of amides is 1. The number of carbonyl (C=O) groups is 2. The van der Waals surface area contributed by atoms with Gasteiger partial charge in [-0.25, -0.2) is 0 Å². The number of aliphatic hydroxyl groups excluding tert-OH is 1. The molecule has 0 saturated carbocycles. The summed E-state index contributed by atoms with van der Waals surface area (Å²) in [4.78, 5) is 24.1. The normalized spacial score (nSPS) is 16.6. The highest BCUT2D eigenvalue weighted by atomic mass is 16.3. The third-order valence-corrected chi connectivity index (χ3v) is 3.55. The number of Topliss-reactive ketones (excluding diaryl/α,β-unsaturated/α-hetero) is 1. The summed E-state index contributed by atoms with van der Waals surface area (Å²) in [6, 6.07) is 12.7. The average Bonchev–Trinajstić information content (AvgIpc) is 2.95. The van der Waals surface area contributed by atoms with Crippen LogP contribution in [0.5, 0.6) is 0 Å². The van der Waals surface area contributed by atoms with Crippen LogP contribution in [-0.2, 0) is 9.59 Å². The van der Waals surface area contributed by atoms with Crippen LogP contribution in [-0.4, -0.2) is 29.2 Å². The number of fused-ring (bicyclic) bond motifs is 1. The maximum Gasteiger partial charge on any atom is 0.258 e. The molecule has 4 N–H and O–H groups in total. The van der Waals surface area contributed by atoms with Gasteiger partial charge in [0.1, 0.15) is 0 Å². The fourth-order valence-electron chi connectivity index (χ4n) is 2.35. The SMILES string of the molecule is CC(=O)C(N=Nc1ccccc1)C(=O)Nc1ccc2c(c1)NC(O)N2. The number of rotatable bonds is 5. The first-order chi connectivity index (χ1) is 12.0. The van der Waals surface area contributed by atoms with Crippen molar-refractivity contribution in [3.8, 4) is 0 Å². The van der Waals surface area contributed by atoms with E-state index in [-0.39, 0.29) is 0 Å². The van der Waals surface area contributed by atoms with Gasteiger partial charge < -0.3 is 21.1 Å². The van der Waals surface area contributed by atoms with Crippen LogP contribution in [0, 0.1) is 0 Å². The fraction of sp³-hybridized carbons (Fsp3) is 0.176. The summed E-state index contributed by atoms with van der Waals surface area (Å²) in [6.07, 6.45) is -0.870. The molecule has 0 fully saturated rings. The molecule has 128 valence electrons. The summed E-state index contributed by atoms with van der Waals surface area (Å²) in [5, 5.41) is 25.5. The Hall–Kier alpha value is -3.26. The third-order valence-electron chi connectivity index (χ3n) is 3.55. The van der Waals surface area contributed by atoms with Crippen LogP contribution < -0.4 is 16.0 Å². The van der Waals surface area contributed by atoms with Crippen LogP contribution in [0.4, 0.5) is 22.7 Å². The molecule has 25 heavy (non-hydrogen) atoms.